The third-order valence-corrected chi connectivity index (χ3v) is 4.48. The Bertz CT molecular complexity index is 986. The summed E-state index contributed by atoms with van der Waals surface area (Å²) in [4.78, 5) is 29.8. The minimum atomic E-state index is -1.32. The van der Waals surface area contributed by atoms with Gasteiger partial charge in [-0.2, -0.15) is 0 Å². The number of amides is 1. The lowest BCUT2D eigenvalue weighted by Gasteiger charge is -2.23. The zero-order chi connectivity index (χ0) is 22.3. The molecule has 162 valence electrons. The largest absolute Gasteiger partial charge is 0.478 e. The number of hydrogen-bond acceptors (Lipinski definition) is 6. The number of nitrogens with zero attached hydrogens (tertiary/aromatic N) is 2. The third-order valence-electron chi connectivity index (χ3n) is 4.48. The number of carboxylic acids is 1. The molecule has 0 spiro atoms. The van der Waals surface area contributed by atoms with Crippen molar-refractivity contribution in [2.75, 3.05) is 11.9 Å². The van der Waals surface area contributed by atoms with Crippen molar-refractivity contribution in [1.29, 1.82) is 0 Å². The highest BCUT2D eigenvalue weighted by atomic mass is 16.5. The number of carbonyl (C=O) groups excluding carboxylic acids is 1. The Kier molecular flexibility index (Phi) is 7.04. The lowest BCUT2D eigenvalue weighted by atomic mass is 10.1. The van der Waals surface area contributed by atoms with Gasteiger partial charge < -0.3 is 19.6 Å². The minimum absolute atomic E-state index is 0.140. The molecule has 2 N–H and O–H groups in total. The van der Waals surface area contributed by atoms with E-state index in [1.165, 1.54) is 13.8 Å². The number of anilines is 1. The summed E-state index contributed by atoms with van der Waals surface area (Å²) in [6, 6.07) is 16.1. The number of hydrogen-bond donors (Lipinski definition) is 2. The summed E-state index contributed by atoms with van der Waals surface area (Å²) in [5.74, 6) is 0.469. The maximum Gasteiger partial charge on any atom is 0.347 e. The Morgan fingerprint density at radius 2 is 1.87 bits per heavy atom. The number of furan rings is 1. The van der Waals surface area contributed by atoms with Crippen LogP contribution in [0.2, 0.25) is 0 Å². The van der Waals surface area contributed by atoms with Crippen LogP contribution in [0.15, 0.2) is 71.5 Å². The predicted octanol–water partition coefficient (Wildman–Crippen LogP) is 3.56. The van der Waals surface area contributed by atoms with Crippen LogP contribution >= 0.6 is 0 Å². The number of nitrogens with one attached hydrogen (secondary N) is 1. The van der Waals surface area contributed by atoms with Crippen molar-refractivity contribution in [2.24, 2.45) is 0 Å². The van der Waals surface area contributed by atoms with Crippen molar-refractivity contribution in [2.45, 2.75) is 32.5 Å². The highest BCUT2D eigenvalue weighted by Crippen LogP contribution is 2.20. The van der Waals surface area contributed by atoms with Gasteiger partial charge in [-0.1, -0.05) is 18.2 Å². The molecule has 1 aromatic carbocycles. The quantitative estimate of drug-likeness (QED) is 0.514. The van der Waals surface area contributed by atoms with Gasteiger partial charge in [-0.25, -0.2) is 9.78 Å². The lowest BCUT2D eigenvalue weighted by molar-refractivity contribution is -0.152. The van der Waals surface area contributed by atoms with E-state index in [1.807, 2.05) is 23.1 Å². The molecule has 3 rings (SSSR count). The third kappa shape index (κ3) is 6.68. The van der Waals surface area contributed by atoms with Crippen molar-refractivity contribution in [3.8, 4) is 5.75 Å². The van der Waals surface area contributed by atoms with Gasteiger partial charge >= 0.3 is 5.97 Å². The number of ether oxygens (including phenoxy) is 1. The Morgan fingerprint density at radius 1 is 1.10 bits per heavy atom. The van der Waals surface area contributed by atoms with Crippen LogP contribution in [0.1, 0.15) is 25.2 Å². The molecule has 2 aromatic heterocycles. The molecule has 0 unspecified atom stereocenters. The normalized spacial score (nSPS) is 11.3. The van der Waals surface area contributed by atoms with Gasteiger partial charge in [0.2, 0.25) is 5.91 Å². The van der Waals surface area contributed by atoms with E-state index in [2.05, 4.69) is 10.3 Å². The van der Waals surface area contributed by atoms with E-state index in [1.54, 1.807) is 48.9 Å². The van der Waals surface area contributed by atoms with E-state index in [0.717, 1.165) is 11.3 Å². The SMILES string of the molecule is CC(C)(Oc1ccc(CN(CC(=O)Nc2ccccn2)Cc2ccco2)cc1)C(=O)O. The van der Waals surface area contributed by atoms with Crippen LogP contribution < -0.4 is 10.1 Å². The summed E-state index contributed by atoms with van der Waals surface area (Å²) < 4.78 is 11.0. The molecule has 2 heterocycles. The second-order valence-electron chi connectivity index (χ2n) is 7.55. The molecule has 0 saturated heterocycles. The Labute approximate surface area is 180 Å². The first-order chi connectivity index (χ1) is 14.8. The number of aromatic nitrogens is 1. The Morgan fingerprint density at radius 3 is 2.48 bits per heavy atom. The molecule has 8 heteroatoms. The number of aliphatic carboxylic acids is 1. The topological polar surface area (TPSA) is 105 Å². The fraction of sp³-hybridized carbons (Fsp3) is 0.261. The second-order valence-corrected chi connectivity index (χ2v) is 7.55. The van der Waals surface area contributed by atoms with Crippen molar-refractivity contribution in [3.05, 3.63) is 78.4 Å². The summed E-state index contributed by atoms with van der Waals surface area (Å²) in [7, 11) is 0. The minimum Gasteiger partial charge on any atom is -0.478 e. The maximum atomic E-state index is 12.5. The summed E-state index contributed by atoms with van der Waals surface area (Å²) >= 11 is 0. The smallest absolute Gasteiger partial charge is 0.347 e. The first kappa shape index (κ1) is 22.0. The van der Waals surface area contributed by atoms with Gasteiger partial charge in [-0.3, -0.25) is 9.69 Å². The van der Waals surface area contributed by atoms with Crippen molar-refractivity contribution in [1.82, 2.24) is 9.88 Å². The fourth-order valence-electron chi connectivity index (χ4n) is 2.87. The summed E-state index contributed by atoms with van der Waals surface area (Å²) in [5.41, 5.74) is -0.381. The molecular weight excluding hydrogens is 398 g/mol. The fourth-order valence-corrected chi connectivity index (χ4v) is 2.87. The highest BCUT2D eigenvalue weighted by molar-refractivity contribution is 5.91. The molecule has 0 aliphatic carbocycles. The number of benzene rings is 1. The van der Waals surface area contributed by atoms with Crippen LogP contribution in [0.25, 0.3) is 0 Å². The number of pyridine rings is 1. The van der Waals surface area contributed by atoms with Crippen LogP contribution in [0.4, 0.5) is 5.82 Å². The Hall–Kier alpha value is -3.65. The molecule has 3 aromatic rings. The van der Waals surface area contributed by atoms with Crippen LogP contribution in [0.5, 0.6) is 5.75 Å². The first-order valence-electron chi connectivity index (χ1n) is 9.79. The van der Waals surface area contributed by atoms with Crippen molar-refractivity contribution >= 4 is 17.7 Å². The van der Waals surface area contributed by atoms with Gasteiger partial charge in [0, 0.05) is 12.7 Å². The molecule has 0 aliphatic rings. The van der Waals surface area contributed by atoms with Crippen LogP contribution in [0.3, 0.4) is 0 Å². The molecule has 0 fully saturated rings. The second kappa shape index (κ2) is 9.90. The van der Waals surface area contributed by atoms with E-state index in [0.29, 0.717) is 24.7 Å². The van der Waals surface area contributed by atoms with Crippen LogP contribution in [-0.2, 0) is 22.7 Å². The van der Waals surface area contributed by atoms with E-state index >= 15 is 0 Å². The van der Waals surface area contributed by atoms with Gasteiger partial charge in [0.25, 0.3) is 0 Å². The molecule has 0 bridgehead atoms. The number of carboxylic acid groups (broad SMARTS) is 1. The van der Waals surface area contributed by atoms with E-state index in [9.17, 15) is 14.7 Å². The molecule has 31 heavy (non-hydrogen) atoms. The Balaban J connectivity index is 1.66. The lowest BCUT2D eigenvalue weighted by Crippen LogP contribution is -2.37. The highest BCUT2D eigenvalue weighted by Gasteiger charge is 2.29. The molecule has 0 aliphatic heterocycles. The maximum absolute atomic E-state index is 12.5. The molecule has 0 saturated carbocycles. The van der Waals surface area contributed by atoms with Gasteiger partial charge in [0.15, 0.2) is 5.60 Å². The van der Waals surface area contributed by atoms with E-state index in [-0.39, 0.29) is 12.5 Å². The van der Waals surface area contributed by atoms with Gasteiger partial charge in [-0.15, -0.1) is 0 Å². The van der Waals surface area contributed by atoms with Gasteiger partial charge in [-0.05, 0) is 55.8 Å². The molecular formula is C23H25N3O5. The zero-order valence-corrected chi connectivity index (χ0v) is 17.4. The standard InChI is InChI=1S/C23H25N3O5/c1-23(2,22(28)29)31-18-10-8-17(9-11-18)14-26(15-19-6-5-13-30-19)16-21(27)25-20-7-3-4-12-24-20/h3-13H,14-16H2,1-2H3,(H,28,29)(H,24,25,27). The van der Waals surface area contributed by atoms with Gasteiger partial charge in [0.05, 0.1) is 19.4 Å². The van der Waals surface area contributed by atoms with Gasteiger partial charge in [0.1, 0.15) is 17.3 Å². The van der Waals surface area contributed by atoms with Crippen LogP contribution in [-0.4, -0.2) is 39.0 Å². The molecule has 1 amide bonds. The molecule has 0 radical (unpaired) electrons. The summed E-state index contributed by atoms with van der Waals surface area (Å²) in [5, 5.41) is 12.0. The van der Waals surface area contributed by atoms with Crippen LogP contribution in [0, 0.1) is 0 Å². The van der Waals surface area contributed by atoms with E-state index in [4.69, 9.17) is 9.15 Å². The molecule has 0 atom stereocenters. The average molecular weight is 423 g/mol. The average Bonchev–Trinajstić information content (AvgIpc) is 3.23. The monoisotopic (exact) mass is 423 g/mol. The summed E-state index contributed by atoms with van der Waals surface area (Å²) in [6.07, 6.45) is 3.21. The van der Waals surface area contributed by atoms with E-state index < -0.39 is 11.6 Å². The molecule has 8 nitrogen and oxygen atoms in total. The number of carbonyl (C=O) groups is 2. The summed E-state index contributed by atoms with van der Waals surface area (Å²) in [6.45, 7) is 4.07. The van der Waals surface area contributed by atoms with Crippen molar-refractivity contribution in [3.63, 3.8) is 0 Å². The number of rotatable bonds is 10. The first-order valence-corrected chi connectivity index (χ1v) is 9.79. The predicted molar refractivity (Wildman–Crippen MR) is 114 cm³/mol. The zero-order valence-electron chi connectivity index (χ0n) is 17.4. The van der Waals surface area contributed by atoms with Crippen molar-refractivity contribution < 1.29 is 23.8 Å².